The summed E-state index contributed by atoms with van der Waals surface area (Å²) in [5, 5.41) is 8.02. The van der Waals surface area contributed by atoms with Crippen molar-refractivity contribution in [1.82, 2.24) is 15.6 Å². The largest absolute Gasteiger partial charge is 0.373 e. The predicted octanol–water partition coefficient (Wildman–Crippen LogP) is 3.94. The average molecular weight is 500 g/mol. The average Bonchev–Trinajstić information content (AvgIpc) is 3.10. The molecule has 1 aromatic heterocycles. The summed E-state index contributed by atoms with van der Waals surface area (Å²) >= 11 is 1.75. The van der Waals surface area contributed by atoms with Gasteiger partial charge in [0.1, 0.15) is 0 Å². The normalized spacial score (nSPS) is 20.0. The second kappa shape index (κ2) is 11.6. The fraction of sp³-hybridized carbons (Fsp3) is 0.500. The van der Waals surface area contributed by atoms with E-state index in [-0.39, 0.29) is 30.1 Å². The first-order chi connectivity index (χ1) is 12.8. The third kappa shape index (κ3) is 6.73. The third-order valence-corrected chi connectivity index (χ3v) is 5.60. The quantitative estimate of drug-likeness (QED) is 0.359. The molecule has 1 aliphatic rings. The Labute approximate surface area is 183 Å². The highest BCUT2D eigenvalue weighted by atomic mass is 127. The molecule has 0 spiro atoms. The summed E-state index contributed by atoms with van der Waals surface area (Å²) in [6.07, 6.45) is 5.29. The van der Waals surface area contributed by atoms with Crippen molar-refractivity contribution in [3.8, 4) is 0 Å². The van der Waals surface area contributed by atoms with Crippen LogP contribution in [0.1, 0.15) is 34.4 Å². The fourth-order valence-electron chi connectivity index (χ4n) is 3.32. The standard InChI is InChI=1S/C20H28N4OS.HI/c1-15-13-23-18(26-15)10-11-22-20(21-2)24-14-17-9-6-12-25-19(17)16-7-4-3-5-8-16;/h3-5,7-8,13,17,19H,6,9-12,14H2,1-2H3,(H2,21,22,24);1H. The van der Waals surface area contributed by atoms with E-state index < -0.39 is 0 Å². The van der Waals surface area contributed by atoms with Gasteiger partial charge in [-0.1, -0.05) is 30.3 Å². The number of ether oxygens (including phenoxy) is 1. The zero-order valence-electron chi connectivity index (χ0n) is 16.0. The number of thiazole rings is 1. The van der Waals surface area contributed by atoms with Gasteiger partial charge in [-0.05, 0) is 25.3 Å². The molecule has 0 saturated carbocycles. The maximum Gasteiger partial charge on any atom is 0.191 e. The lowest BCUT2D eigenvalue weighted by Crippen LogP contribution is -2.42. The second-order valence-corrected chi connectivity index (χ2v) is 7.92. The molecular formula is C20H29IN4OS. The van der Waals surface area contributed by atoms with Gasteiger partial charge in [-0.25, -0.2) is 4.98 Å². The molecule has 3 rings (SSSR count). The second-order valence-electron chi connectivity index (χ2n) is 6.60. The number of aryl methyl sites for hydroxylation is 1. The van der Waals surface area contributed by atoms with Gasteiger partial charge in [0.2, 0.25) is 0 Å². The number of guanidine groups is 1. The van der Waals surface area contributed by atoms with Crippen LogP contribution in [-0.4, -0.2) is 37.7 Å². The lowest BCUT2D eigenvalue weighted by atomic mass is 9.89. The molecule has 27 heavy (non-hydrogen) atoms. The Morgan fingerprint density at radius 3 is 2.81 bits per heavy atom. The summed E-state index contributed by atoms with van der Waals surface area (Å²) in [4.78, 5) is 10.0. The van der Waals surface area contributed by atoms with Gasteiger partial charge in [0, 0.05) is 50.2 Å². The predicted molar refractivity (Wildman–Crippen MR) is 123 cm³/mol. The number of rotatable bonds is 6. The van der Waals surface area contributed by atoms with E-state index in [1.54, 1.807) is 11.3 Å². The molecule has 1 aromatic carbocycles. The lowest BCUT2D eigenvalue weighted by Gasteiger charge is -2.32. The summed E-state index contributed by atoms with van der Waals surface area (Å²) in [6, 6.07) is 10.5. The Morgan fingerprint density at radius 2 is 2.11 bits per heavy atom. The monoisotopic (exact) mass is 500 g/mol. The Hall–Kier alpha value is -1.19. The van der Waals surface area contributed by atoms with E-state index in [2.05, 4.69) is 57.9 Å². The molecule has 0 amide bonds. The van der Waals surface area contributed by atoms with Crippen molar-refractivity contribution in [2.45, 2.75) is 32.3 Å². The van der Waals surface area contributed by atoms with Crippen LogP contribution >= 0.6 is 35.3 Å². The molecule has 2 aromatic rings. The molecule has 1 saturated heterocycles. The molecule has 2 N–H and O–H groups in total. The van der Waals surface area contributed by atoms with Crippen molar-refractivity contribution in [2.24, 2.45) is 10.9 Å². The van der Waals surface area contributed by atoms with Gasteiger partial charge < -0.3 is 15.4 Å². The Balaban J connectivity index is 0.00000261. The maximum absolute atomic E-state index is 6.08. The van der Waals surface area contributed by atoms with Crippen LogP contribution < -0.4 is 10.6 Å². The number of benzene rings is 1. The molecule has 5 nitrogen and oxygen atoms in total. The van der Waals surface area contributed by atoms with Crippen molar-refractivity contribution in [1.29, 1.82) is 0 Å². The van der Waals surface area contributed by atoms with Crippen molar-refractivity contribution < 1.29 is 4.74 Å². The number of halogens is 1. The minimum Gasteiger partial charge on any atom is -0.373 e. The van der Waals surface area contributed by atoms with E-state index in [4.69, 9.17) is 4.74 Å². The third-order valence-electron chi connectivity index (χ3n) is 4.63. The summed E-state index contributed by atoms with van der Waals surface area (Å²) in [6.45, 7) is 4.62. The van der Waals surface area contributed by atoms with Gasteiger partial charge in [0.05, 0.1) is 11.1 Å². The first-order valence-corrected chi connectivity index (χ1v) is 10.1. The summed E-state index contributed by atoms with van der Waals surface area (Å²) in [5.41, 5.74) is 1.26. The maximum atomic E-state index is 6.08. The van der Waals surface area contributed by atoms with Crippen molar-refractivity contribution in [2.75, 3.05) is 26.7 Å². The summed E-state index contributed by atoms with van der Waals surface area (Å²) < 4.78 is 6.08. The van der Waals surface area contributed by atoms with Gasteiger partial charge in [-0.2, -0.15) is 0 Å². The summed E-state index contributed by atoms with van der Waals surface area (Å²) in [7, 11) is 1.81. The molecule has 0 bridgehead atoms. The fourth-order valence-corrected chi connectivity index (χ4v) is 4.10. The van der Waals surface area contributed by atoms with E-state index in [0.29, 0.717) is 5.92 Å². The smallest absolute Gasteiger partial charge is 0.191 e. The van der Waals surface area contributed by atoms with Crippen LogP contribution in [0.3, 0.4) is 0 Å². The number of nitrogens with one attached hydrogen (secondary N) is 2. The topological polar surface area (TPSA) is 58.5 Å². The van der Waals surface area contributed by atoms with E-state index in [1.807, 2.05) is 13.2 Å². The van der Waals surface area contributed by atoms with Crippen LogP contribution in [0, 0.1) is 12.8 Å². The minimum absolute atomic E-state index is 0. The van der Waals surface area contributed by atoms with Crippen LogP contribution in [0.4, 0.5) is 0 Å². The zero-order chi connectivity index (χ0) is 18.2. The molecule has 0 radical (unpaired) electrons. The Morgan fingerprint density at radius 1 is 1.30 bits per heavy atom. The Kier molecular flexibility index (Phi) is 9.50. The highest BCUT2D eigenvalue weighted by molar-refractivity contribution is 14.0. The SMILES string of the molecule is CN=C(NCCc1ncc(C)s1)NCC1CCCOC1c1ccccc1.I. The van der Waals surface area contributed by atoms with Crippen LogP contribution in [0.15, 0.2) is 41.5 Å². The number of hydrogen-bond acceptors (Lipinski definition) is 4. The molecule has 148 valence electrons. The first-order valence-electron chi connectivity index (χ1n) is 9.28. The van der Waals surface area contributed by atoms with Crippen LogP contribution in [0.25, 0.3) is 0 Å². The molecule has 2 heterocycles. The van der Waals surface area contributed by atoms with Gasteiger partial charge in [0.15, 0.2) is 5.96 Å². The Bertz CT molecular complexity index is 707. The zero-order valence-corrected chi connectivity index (χ0v) is 19.1. The number of hydrogen-bond donors (Lipinski definition) is 2. The van der Waals surface area contributed by atoms with Gasteiger partial charge in [0.25, 0.3) is 0 Å². The first kappa shape index (κ1) is 22.1. The number of aliphatic imine (C=N–C) groups is 1. The molecular weight excluding hydrogens is 471 g/mol. The molecule has 1 fully saturated rings. The van der Waals surface area contributed by atoms with Crippen molar-refractivity contribution >= 4 is 41.3 Å². The van der Waals surface area contributed by atoms with Gasteiger partial charge in [-0.3, -0.25) is 4.99 Å². The van der Waals surface area contributed by atoms with Gasteiger partial charge >= 0.3 is 0 Å². The highest BCUT2D eigenvalue weighted by Crippen LogP contribution is 2.32. The lowest BCUT2D eigenvalue weighted by molar-refractivity contribution is -0.0265. The molecule has 2 unspecified atom stereocenters. The van der Waals surface area contributed by atoms with Crippen molar-refractivity contribution in [3.05, 3.63) is 52.0 Å². The van der Waals surface area contributed by atoms with E-state index in [1.165, 1.54) is 16.9 Å². The molecule has 1 aliphatic heterocycles. The van der Waals surface area contributed by atoms with Crippen LogP contribution in [-0.2, 0) is 11.2 Å². The van der Waals surface area contributed by atoms with E-state index >= 15 is 0 Å². The number of nitrogens with zero attached hydrogens (tertiary/aromatic N) is 2. The van der Waals surface area contributed by atoms with Crippen molar-refractivity contribution in [3.63, 3.8) is 0 Å². The van der Waals surface area contributed by atoms with Crippen LogP contribution in [0.5, 0.6) is 0 Å². The molecule has 0 aliphatic carbocycles. The summed E-state index contributed by atoms with van der Waals surface area (Å²) in [5.74, 6) is 1.29. The van der Waals surface area contributed by atoms with E-state index in [9.17, 15) is 0 Å². The molecule has 7 heteroatoms. The highest BCUT2D eigenvalue weighted by Gasteiger charge is 2.27. The van der Waals surface area contributed by atoms with Gasteiger partial charge in [-0.15, -0.1) is 35.3 Å². The molecule has 2 atom stereocenters. The minimum atomic E-state index is 0. The van der Waals surface area contributed by atoms with E-state index in [0.717, 1.165) is 43.5 Å². The van der Waals surface area contributed by atoms with Crippen LogP contribution in [0.2, 0.25) is 0 Å². The number of aromatic nitrogens is 1.